The molecule has 21 heavy (non-hydrogen) atoms. The van der Waals surface area contributed by atoms with E-state index in [2.05, 4.69) is 29.2 Å². The Kier molecular flexibility index (Phi) is 5.22. The number of carbonyl (C=O) groups excluding carboxylic acids is 1. The second kappa shape index (κ2) is 6.75. The molecule has 0 bridgehead atoms. The van der Waals surface area contributed by atoms with Gasteiger partial charge >= 0.3 is 0 Å². The van der Waals surface area contributed by atoms with E-state index in [0.717, 1.165) is 25.1 Å². The van der Waals surface area contributed by atoms with Gasteiger partial charge in [-0.3, -0.25) is 4.79 Å². The number of pyridine rings is 1. The summed E-state index contributed by atoms with van der Waals surface area (Å²) in [6, 6.07) is 4.21. The molecular weight excluding hydrogens is 286 g/mol. The molecule has 0 saturated carbocycles. The minimum absolute atomic E-state index is 0.0528. The van der Waals surface area contributed by atoms with Crippen molar-refractivity contribution in [1.82, 2.24) is 15.2 Å². The third kappa shape index (κ3) is 4.17. The number of hydrogen-bond acceptors (Lipinski definition) is 3. The number of halogens is 1. The molecule has 0 aromatic carbocycles. The largest absolute Gasteiger partial charge is 0.349 e. The smallest absolute Gasteiger partial charge is 0.251 e. The maximum absolute atomic E-state index is 12.4. The number of amides is 1. The van der Waals surface area contributed by atoms with E-state index in [1.54, 1.807) is 6.07 Å². The number of nitrogens with zero attached hydrogens (tertiary/aromatic N) is 2. The van der Waals surface area contributed by atoms with Crippen LogP contribution in [-0.4, -0.2) is 41.5 Å². The Balaban J connectivity index is 2.07. The van der Waals surface area contributed by atoms with E-state index in [4.69, 9.17) is 11.6 Å². The predicted molar refractivity (Wildman–Crippen MR) is 85.9 cm³/mol. The molecule has 2 heterocycles. The topological polar surface area (TPSA) is 45.2 Å². The normalized spacial score (nSPS) is 23.3. The van der Waals surface area contributed by atoms with Crippen molar-refractivity contribution < 1.29 is 4.79 Å². The van der Waals surface area contributed by atoms with E-state index in [9.17, 15) is 4.79 Å². The molecule has 1 saturated heterocycles. The molecule has 2 atom stereocenters. The lowest BCUT2D eigenvalue weighted by Crippen LogP contribution is -2.47. The summed E-state index contributed by atoms with van der Waals surface area (Å²) >= 11 is 6.03. The van der Waals surface area contributed by atoms with Crippen molar-refractivity contribution >= 4 is 17.5 Å². The number of likely N-dealkylation sites (tertiary alicyclic amines) is 1. The summed E-state index contributed by atoms with van der Waals surface area (Å²) in [7, 11) is 2.13. The van der Waals surface area contributed by atoms with Crippen molar-refractivity contribution in [1.29, 1.82) is 0 Å². The minimum atomic E-state index is -0.0528. The summed E-state index contributed by atoms with van der Waals surface area (Å²) < 4.78 is 0. The van der Waals surface area contributed by atoms with Crippen LogP contribution in [0.25, 0.3) is 0 Å². The van der Waals surface area contributed by atoms with Gasteiger partial charge in [0.25, 0.3) is 5.91 Å². The average Bonchev–Trinajstić information content (AvgIpc) is 2.42. The molecule has 0 aliphatic carbocycles. The molecule has 0 radical (unpaired) electrons. The SMILES string of the molecule is CC(C)c1cc(C(=O)NC2CCN(C)C(C)C2)cc(Cl)n1. The molecule has 0 spiro atoms. The molecule has 1 N–H and O–H groups in total. The second-order valence-electron chi connectivity index (χ2n) is 6.28. The number of carbonyl (C=O) groups is 1. The number of aromatic nitrogens is 1. The molecule has 1 aliphatic heterocycles. The Morgan fingerprint density at radius 3 is 2.81 bits per heavy atom. The van der Waals surface area contributed by atoms with Crippen LogP contribution in [0, 0.1) is 0 Å². The van der Waals surface area contributed by atoms with Gasteiger partial charge in [0.1, 0.15) is 5.15 Å². The van der Waals surface area contributed by atoms with Gasteiger partial charge in [0.2, 0.25) is 0 Å². The Bertz CT molecular complexity index is 518. The number of hydrogen-bond donors (Lipinski definition) is 1. The highest BCUT2D eigenvalue weighted by Gasteiger charge is 2.24. The van der Waals surface area contributed by atoms with E-state index in [1.807, 2.05) is 19.9 Å². The first-order chi connectivity index (χ1) is 9.86. The first-order valence-corrected chi connectivity index (χ1v) is 7.93. The zero-order valence-electron chi connectivity index (χ0n) is 13.2. The van der Waals surface area contributed by atoms with Crippen LogP contribution in [0.1, 0.15) is 55.6 Å². The summed E-state index contributed by atoms with van der Waals surface area (Å²) in [5.41, 5.74) is 1.45. The molecule has 1 aliphatic rings. The zero-order valence-corrected chi connectivity index (χ0v) is 13.9. The van der Waals surface area contributed by atoms with Crippen LogP contribution in [0.3, 0.4) is 0 Å². The van der Waals surface area contributed by atoms with Crippen molar-refractivity contribution in [2.75, 3.05) is 13.6 Å². The number of rotatable bonds is 3. The summed E-state index contributed by atoms with van der Waals surface area (Å²) in [5.74, 6) is 0.196. The lowest BCUT2D eigenvalue weighted by Gasteiger charge is -2.35. The molecule has 2 rings (SSSR count). The molecule has 1 aromatic heterocycles. The third-order valence-electron chi connectivity index (χ3n) is 4.21. The Morgan fingerprint density at radius 2 is 2.19 bits per heavy atom. The van der Waals surface area contributed by atoms with E-state index in [0.29, 0.717) is 16.8 Å². The van der Waals surface area contributed by atoms with Gasteiger partial charge in [0, 0.05) is 29.9 Å². The highest BCUT2D eigenvalue weighted by molar-refractivity contribution is 6.29. The van der Waals surface area contributed by atoms with Crippen molar-refractivity contribution in [3.8, 4) is 0 Å². The monoisotopic (exact) mass is 309 g/mol. The van der Waals surface area contributed by atoms with E-state index >= 15 is 0 Å². The Morgan fingerprint density at radius 1 is 1.48 bits per heavy atom. The molecule has 1 amide bonds. The van der Waals surface area contributed by atoms with Gasteiger partial charge in [-0.05, 0) is 44.9 Å². The first kappa shape index (κ1) is 16.2. The molecule has 4 nitrogen and oxygen atoms in total. The molecular formula is C16H24ClN3O. The third-order valence-corrected chi connectivity index (χ3v) is 4.40. The second-order valence-corrected chi connectivity index (χ2v) is 6.67. The molecule has 1 aromatic rings. The Labute approximate surface area is 131 Å². The fraction of sp³-hybridized carbons (Fsp3) is 0.625. The van der Waals surface area contributed by atoms with Crippen molar-refractivity contribution in [3.63, 3.8) is 0 Å². The van der Waals surface area contributed by atoms with E-state index < -0.39 is 0 Å². The van der Waals surface area contributed by atoms with Crippen LogP contribution in [0.2, 0.25) is 5.15 Å². The summed E-state index contributed by atoms with van der Waals surface area (Å²) in [4.78, 5) is 19.0. The maximum Gasteiger partial charge on any atom is 0.251 e. The molecule has 116 valence electrons. The fourth-order valence-electron chi connectivity index (χ4n) is 2.63. The van der Waals surface area contributed by atoms with Crippen LogP contribution in [0.4, 0.5) is 0 Å². The van der Waals surface area contributed by atoms with Crippen LogP contribution in [-0.2, 0) is 0 Å². The van der Waals surface area contributed by atoms with E-state index in [-0.39, 0.29) is 17.9 Å². The predicted octanol–water partition coefficient (Wildman–Crippen LogP) is 3.07. The van der Waals surface area contributed by atoms with Crippen molar-refractivity contribution in [2.45, 2.75) is 51.6 Å². The summed E-state index contributed by atoms with van der Waals surface area (Å²) in [6.07, 6.45) is 1.97. The Hall–Kier alpha value is -1.13. The number of piperidine rings is 1. The molecule has 1 fully saturated rings. The zero-order chi connectivity index (χ0) is 15.6. The van der Waals surface area contributed by atoms with Gasteiger partial charge in [0.05, 0.1) is 0 Å². The standard InChI is InChI=1S/C16H24ClN3O/c1-10(2)14-8-12(9-15(17)19-14)16(21)18-13-5-6-20(4)11(3)7-13/h8-11,13H,5-7H2,1-4H3,(H,18,21). The molecule has 5 heteroatoms. The van der Waals surface area contributed by atoms with Gasteiger partial charge in [-0.15, -0.1) is 0 Å². The van der Waals surface area contributed by atoms with E-state index in [1.165, 1.54) is 0 Å². The summed E-state index contributed by atoms with van der Waals surface area (Å²) in [5, 5.41) is 3.51. The fourth-order valence-corrected chi connectivity index (χ4v) is 2.85. The quantitative estimate of drug-likeness (QED) is 0.873. The maximum atomic E-state index is 12.4. The van der Waals surface area contributed by atoms with Crippen molar-refractivity contribution in [2.24, 2.45) is 0 Å². The van der Waals surface area contributed by atoms with Crippen LogP contribution >= 0.6 is 11.6 Å². The van der Waals surface area contributed by atoms with Crippen LogP contribution in [0.5, 0.6) is 0 Å². The average molecular weight is 310 g/mol. The summed E-state index contributed by atoms with van der Waals surface area (Å²) in [6.45, 7) is 7.29. The van der Waals surface area contributed by atoms with Crippen molar-refractivity contribution in [3.05, 3.63) is 28.5 Å². The highest BCUT2D eigenvalue weighted by atomic mass is 35.5. The first-order valence-electron chi connectivity index (χ1n) is 7.55. The van der Waals surface area contributed by atoms with Gasteiger partial charge in [-0.1, -0.05) is 25.4 Å². The van der Waals surface area contributed by atoms with Gasteiger partial charge in [-0.25, -0.2) is 4.98 Å². The molecule has 2 unspecified atom stereocenters. The van der Waals surface area contributed by atoms with Gasteiger partial charge in [0.15, 0.2) is 0 Å². The van der Waals surface area contributed by atoms with Crippen LogP contribution < -0.4 is 5.32 Å². The van der Waals surface area contributed by atoms with Crippen LogP contribution in [0.15, 0.2) is 12.1 Å². The number of nitrogens with one attached hydrogen (secondary N) is 1. The van der Waals surface area contributed by atoms with Gasteiger partial charge < -0.3 is 10.2 Å². The van der Waals surface area contributed by atoms with Gasteiger partial charge in [-0.2, -0.15) is 0 Å². The lowest BCUT2D eigenvalue weighted by atomic mass is 9.98. The minimum Gasteiger partial charge on any atom is -0.349 e. The lowest BCUT2D eigenvalue weighted by molar-refractivity contribution is 0.0896. The highest BCUT2D eigenvalue weighted by Crippen LogP contribution is 2.19.